The number of hydrogen-bond donors (Lipinski definition) is 1. The van der Waals surface area contributed by atoms with E-state index in [4.69, 9.17) is 0 Å². The second-order valence-electron chi connectivity index (χ2n) is 4.26. The monoisotopic (exact) mass is 261 g/mol. The Morgan fingerprint density at radius 3 is 2.56 bits per heavy atom. The van der Waals surface area contributed by atoms with Crippen LogP contribution in [-0.2, 0) is 6.54 Å². The van der Waals surface area contributed by atoms with Gasteiger partial charge in [-0.3, -0.25) is 9.88 Å². The highest BCUT2D eigenvalue weighted by atomic mass is 19.4. The molecule has 0 aromatic carbocycles. The van der Waals surface area contributed by atoms with Crippen molar-refractivity contribution in [1.82, 2.24) is 15.2 Å². The molecule has 0 spiro atoms. The van der Waals surface area contributed by atoms with E-state index in [0.29, 0.717) is 18.8 Å². The first kappa shape index (κ1) is 14.9. The van der Waals surface area contributed by atoms with Crippen molar-refractivity contribution >= 4 is 0 Å². The topological polar surface area (TPSA) is 28.2 Å². The minimum atomic E-state index is -4.18. The van der Waals surface area contributed by atoms with E-state index in [1.54, 1.807) is 19.3 Å². The van der Waals surface area contributed by atoms with Crippen molar-refractivity contribution in [3.8, 4) is 0 Å². The van der Waals surface area contributed by atoms with E-state index in [-0.39, 0.29) is 6.54 Å². The fourth-order valence-electron chi connectivity index (χ4n) is 1.56. The predicted molar refractivity (Wildman–Crippen MR) is 64.2 cm³/mol. The van der Waals surface area contributed by atoms with Crippen LogP contribution in [0.4, 0.5) is 13.2 Å². The van der Waals surface area contributed by atoms with Gasteiger partial charge in [0, 0.05) is 25.8 Å². The van der Waals surface area contributed by atoms with E-state index >= 15 is 0 Å². The smallest absolute Gasteiger partial charge is 0.318 e. The molecular formula is C12H18F3N3. The van der Waals surface area contributed by atoms with Crippen molar-refractivity contribution in [1.29, 1.82) is 0 Å². The predicted octanol–water partition coefficient (Wildman–Crippen LogP) is 1.97. The SMILES string of the molecule is CNCCN(Cc1ccc(C)cn1)CC(F)(F)F. The first-order valence-corrected chi connectivity index (χ1v) is 5.76. The molecule has 0 amide bonds. The molecule has 0 saturated carbocycles. The lowest BCUT2D eigenvalue weighted by Crippen LogP contribution is -2.37. The Morgan fingerprint density at radius 2 is 2.06 bits per heavy atom. The molecule has 0 aliphatic rings. The summed E-state index contributed by atoms with van der Waals surface area (Å²) in [5.41, 5.74) is 1.65. The molecule has 102 valence electrons. The van der Waals surface area contributed by atoms with Gasteiger partial charge in [0.05, 0.1) is 12.2 Å². The van der Waals surface area contributed by atoms with Gasteiger partial charge < -0.3 is 5.32 Å². The van der Waals surface area contributed by atoms with Gasteiger partial charge in [0.1, 0.15) is 0 Å². The number of hydrogen-bond acceptors (Lipinski definition) is 3. The maximum atomic E-state index is 12.4. The normalized spacial score (nSPS) is 12.1. The van der Waals surface area contributed by atoms with Crippen LogP contribution in [0, 0.1) is 6.92 Å². The van der Waals surface area contributed by atoms with Crippen LogP contribution in [-0.4, -0.2) is 42.7 Å². The van der Waals surface area contributed by atoms with Gasteiger partial charge in [-0.05, 0) is 25.6 Å². The van der Waals surface area contributed by atoms with Crippen molar-refractivity contribution in [2.75, 3.05) is 26.7 Å². The third-order valence-corrected chi connectivity index (χ3v) is 2.44. The molecule has 18 heavy (non-hydrogen) atoms. The van der Waals surface area contributed by atoms with Gasteiger partial charge in [-0.1, -0.05) is 6.07 Å². The highest BCUT2D eigenvalue weighted by Crippen LogP contribution is 2.17. The first-order chi connectivity index (χ1) is 8.40. The Balaban J connectivity index is 2.62. The summed E-state index contributed by atoms with van der Waals surface area (Å²) in [5, 5.41) is 2.85. The molecule has 0 radical (unpaired) electrons. The summed E-state index contributed by atoms with van der Waals surface area (Å²) >= 11 is 0. The molecule has 0 bridgehead atoms. The van der Waals surface area contributed by atoms with Crippen molar-refractivity contribution in [2.24, 2.45) is 0 Å². The molecule has 0 saturated heterocycles. The first-order valence-electron chi connectivity index (χ1n) is 5.76. The van der Waals surface area contributed by atoms with Crippen LogP contribution in [0.15, 0.2) is 18.3 Å². The minimum absolute atomic E-state index is 0.210. The number of nitrogens with zero attached hydrogens (tertiary/aromatic N) is 2. The van der Waals surface area contributed by atoms with E-state index in [0.717, 1.165) is 5.56 Å². The zero-order valence-corrected chi connectivity index (χ0v) is 10.6. The maximum Gasteiger partial charge on any atom is 0.401 e. The highest BCUT2D eigenvalue weighted by molar-refractivity contribution is 5.12. The van der Waals surface area contributed by atoms with E-state index in [2.05, 4.69) is 10.3 Å². The number of rotatable bonds is 6. The summed E-state index contributed by atoms with van der Waals surface area (Å²) in [6.07, 6.45) is -2.52. The fourth-order valence-corrected chi connectivity index (χ4v) is 1.56. The number of likely N-dealkylation sites (N-methyl/N-ethyl adjacent to an activating group) is 1. The molecule has 0 fully saturated rings. The van der Waals surface area contributed by atoms with Gasteiger partial charge in [-0.15, -0.1) is 0 Å². The molecule has 0 atom stereocenters. The molecule has 1 aromatic rings. The van der Waals surface area contributed by atoms with Gasteiger partial charge in [0.15, 0.2) is 0 Å². The zero-order chi connectivity index (χ0) is 13.6. The molecule has 0 aliphatic carbocycles. The third-order valence-electron chi connectivity index (χ3n) is 2.44. The fraction of sp³-hybridized carbons (Fsp3) is 0.583. The second kappa shape index (κ2) is 6.70. The highest BCUT2D eigenvalue weighted by Gasteiger charge is 2.30. The van der Waals surface area contributed by atoms with Gasteiger partial charge in [0.25, 0.3) is 0 Å². The molecule has 1 N–H and O–H groups in total. The summed E-state index contributed by atoms with van der Waals surface area (Å²) in [4.78, 5) is 5.47. The lowest BCUT2D eigenvalue weighted by Gasteiger charge is -2.23. The lowest BCUT2D eigenvalue weighted by atomic mass is 10.2. The number of alkyl halides is 3. The van der Waals surface area contributed by atoms with Crippen molar-refractivity contribution in [2.45, 2.75) is 19.6 Å². The molecular weight excluding hydrogens is 243 g/mol. The van der Waals surface area contributed by atoms with Crippen LogP contribution >= 0.6 is 0 Å². The summed E-state index contributed by atoms with van der Waals surface area (Å²) < 4.78 is 37.3. The number of nitrogens with one attached hydrogen (secondary N) is 1. The van der Waals surface area contributed by atoms with Crippen molar-refractivity contribution < 1.29 is 13.2 Å². The van der Waals surface area contributed by atoms with Crippen LogP contribution in [0.2, 0.25) is 0 Å². The summed E-state index contributed by atoms with van der Waals surface area (Å²) in [5.74, 6) is 0. The third kappa shape index (κ3) is 5.97. The van der Waals surface area contributed by atoms with Gasteiger partial charge >= 0.3 is 6.18 Å². The Hall–Kier alpha value is -1.14. The van der Waals surface area contributed by atoms with Crippen molar-refractivity contribution in [3.05, 3.63) is 29.6 Å². The van der Waals surface area contributed by atoms with Crippen LogP contribution < -0.4 is 5.32 Å². The van der Waals surface area contributed by atoms with E-state index in [1.165, 1.54) is 4.90 Å². The van der Waals surface area contributed by atoms with E-state index in [1.807, 2.05) is 13.0 Å². The van der Waals surface area contributed by atoms with Gasteiger partial charge in [-0.2, -0.15) is 13.2 Å². The number of pyridine rings is 1. The summed E-state index contributed by atoms with van der Waals surface area (Å²) in [6, 6.07) is 3.62. The van der Waals surface area contributed by atoms with E-state index in [9.17, 15) is 13.2 Å². The lowest BCUT2D eigenvalue weighted by molar-refractivity contribution is -0.147. The quantitative estimate of drug-likeness (QED) is 0.848. The van der Waals surface area contributed by atoms with Crippen molar-refractivity contribution in [3.63, 3.8) is 0 Å². The second-order valence-corrected chi connectivity index (χ2v) is 4.26. The molecule has 6 heteroatoms. The Kier molecular flexibility index (Phi) is 5.55. The number of aryl methyl sites for hydroxylation is 1. The van der Waals surface area contributed by atoms with Crippen LogP contribution in [0.5, 0.6) is 0 Å². The Labute approximate surface area is 105 Å². The summed E-state index contributed by atoms with van der Waals surface area (Å²) in [7, 11) is 1.72. The van der Waals surface area contributed by atoms with Gasteiger partial charge in [-0.25, -0.2) is 0 Å². The Morgan fingerprint density at radius 1 is 1.33 bits per heavy atom. The van der Waals surface area contributed by atoms with E-state index < -0.39 is 12.7 Å². The molecule has 1 heterocycles. The maximum absolute atomic E-state index is 12.4. The van der Waals surface area contributed by atoms with Crippen LogP contribution in [0.3, 0.4) is 0 Å². The van der Waals surface area contributed by atoms with Gasteiger partial charge in [0.2, 0.25) is 0 Å². The average molecular weight is 261 g/mol. The number of aromatic nitrogens is 1. The molecule has 0 aliphatic heterocycles. The molecule has 3 nitrogen and oxygen atoms in total. The zero-order valence-electron chi connectivity index (χ0n) is 10.6. The molecule has 1 aromatic heterocycles. The number of halogens is 3. The molecule has 1 rings (SSSR count). The minimum Gasteiger partial charge on any atom is -0.318 e. The van der Waals surface area contributed by atoms with Crippen LogP contribution in [0.1, 0.15) is 11.3 Å². The standard InChI is InChI=1S/C12H18F3N3/c1-10-3-4-11(17-7-10)8-18(6-5-16-2)9-12(13,14)15/h3-4,7,16H,5-6,8-9H2,1-2H3. The Bertz CT molecular complexity index is 349. The largest absolute Gasteiger partial charge is 0.401 e. The van der Waals surface area contributed by atoms with Crippen LogP contribution in [0.25, 0.3) is 0 Å². The summed E-state index contributed by atoms with van der Waals surface area (Å²) in [6.45, 7) is 2.05. The molecule has 0 unspecified atom stereocenters. The average Bonchev–Trinajstić information content (AvgIpc) is 2.27.